The number of hydrogen-bond donors (Lipinski definition) is 0. The fraction of sp³-hybridized carbons (Fsp3) is 0.429. The Morgan fingerprint density at radius 1 is 1.19 bits per heavy atom. The Balaban J connectivity index is 1.50. The molecule has 2 aliphatic heterocycles. The lowest BCUT2D eigenvalue weighted by Gasteiger charge is -2.32. The van der Waals surface area contributed by atoms with Crippen molar-refractivity contribution in [3.63, 3.8) is 0 Å². The summed E-state index contributed by atoms with van der Waals surface area (Å²) in [5, 5.41) is 0. The van der Waals surface area contributed by atoms with Crippen LogP contribution in [0, 0.1) is 12.3 Å². The third-order valence-electron chi connectivity index (χ3n) is 5.35. The fourth-order valence-corrected chi connectivity index (χ4v) is 4.12. The number of hydrogen-bond acceptors (Lipinski definition) is 4. The number of pyridine rings is 1. The minimum Gasteiger partial charge on any atom is -0.371 e. The molecule has 3 heterocycles. The summed E-state index contributed by atoms with van der Waals surface area (Å²) in [6.45, 7) is 6.47. The maximum atomic E-state index is 12.5. The van der Waals surface area contributed by atoms with E-state index in [2.05, 4.69) is 22.9 Å². The summed E-state index contributed by atoms with van der Waals surface area (Å²) in [7, 11) is 0. The molecule has 1 atom stereocenters. The first-order valence-corrected chi connectivity index (χ1v) is 9.20. The van der Waals surface area contributed by atoms with Gasteiger partial charge in [-0.25, -0.2) is 0 Å². The summed E-state index contributed by atoms with van der Waals surface area (Å²) in [5.74, 6) is 0.0504. The molecular weight excluding hydrogens is 326 g/mol. The first kappa shape index (κ1) is 17.2. The highest BCUT2D eigenvalue weighted by Crippen LogP contribution is 2.35. The Labute approximate surface area is 154 Å². The summed E-state index contributed by atoms with van der Waals surface area (Å²) in [6.07, 6.45) is 4.88. The van der Waals surface area contributed by atoms with Crippen molar-refractivity contribution < 1.29 is 9.53 Å². The van der Waals surface area contributed by atoms with Crippen LogP contribution in [0.5, 0.6) is 0 Å². The molecule has 2 fully saturated rings. The van der Waals surface area contributed by atoms with Crippen LogP contribution in [0.15, 0.2) is 48.8 Å². The highest BCUT2D eigenvalue weighted by atomic mass is 16.5. The van der Waals surface area contributed by atoms with Crippen LogP contribution in [0.4, 0.5) is 5.69 Å². The highest BCUT2D eigenvalue weighted by molar-refractivity contribution is 5.94. The summed E-state index contributed by atoms with van der Waals surface area (Å²) in [5.41, 5.74) is 3.39. The Hall–Kier alpha value is -2.24. The number of anilines is 1. The lowest BCUT2D eigenvalue weighted by atomic mass is 9.87. The zero-order chi connectivity index (χ0) is 18.0. The molecule has 0 radical (unpaired) electrons. The van der Waals surface area contributed by atoms with E-state index >= 15 is 0 Å². The number of benzene rings is 1. The van der Waals surface area contributed by atoms with Crippen molar-refractivity contribution in [1.82, 2.24) is 9.88 Å². The molecule has 136 valence electrons. The minimum atomic E-state index is -0.000739. The number of carbonyl (C=O) groups is 1. The first-order valence-electron chi connectivity index (χ1n) is 9.20. The standard InChI is InChI=1S/C21H25N3O2/c1-17-9-18(11-22-10-17)12-23-8-7-21(14-23)15-24(20(25)13-26-16-21)19-5-3-2-4-6-19/h2-6,9-11H,7-8,12-16H2,1H3. The van der Waals surface area contributed by atoms with Gasteiger partial charge in [0.1, 0.15) is 6.61 Å². The van der Waals surface area contributed by atoms with Crippen LogP contribution in [0.25, 0.3) is 0 Å². The molecule has 26 heavy (non-hydrogen) atoms. The van der Waals surface area contributed by atoms with Gasteiger partial charge in [-0.3, -0.25) is 14.7 Å². The molecule has 0 aliphatic carbocycles. The van der Waals surface area contributed by atoms with Crippen LogP contribution in [0.2, 0.25) is 0 Å². The molecule has 1 unspecified atom stereocenters. The largest absolute Gasteiger partial charge is 0.371 e. The van der Waals surface area contributed by atoms with Crippen LogP contribution in [0.3, 0.4) is 0 Å². The van der Waals surface area contributed by atoms with E-state index in [9.17, 15) is 4.79 Å². The summed E-state index contributed by atoms with van der Waals surface area (Å²) in [6, 6.07) is 12.1. The van der Waals surface area contributed by atoms with Gasteiger partial charge in [0, 0.05) is 43.1 Å². The topological polar surface area (TPSA) is 45.7 Å². The predicted molar refractivity (Wildman–Crippen MR) is 101 cm³/mol. The molecule has 0 saturated carbocycles. The third kappa shape index (κ3) is 3.64. The smallest absolute Gasteiger partial charge is 0.252 e. The van der Waals surface area contributed by atoms with Crippen LogP contribution < -0.4 is 4.90 Å². The van der Waals surface area contributed by atoms with Crippen LogP contribution in [-0.4, -0.2) is 48.6 Å². The van der Waals surface area contributed by atoms with E-state index in [0.29, 0.717) is 6.61 Å². The Morgan fingerprint density at radius 3 is 2.85 bits per heavy atom. The third-order valence-corrected chi connectivity index (χ3v) is 5.35. The summed E-state index contributed by atoms with van der Waals surface area (Å²) < 4.78 is 5.78. The SMILES string of the molecule is Cc1cncc(CN2CCC3(COCC(=O)N(c4ccccc4)C3)C2)c1. The molecule has 1 spiro atoms. The van der Waals surface area contributed by atoms with Gasteiger partial charge < -0.3 is 9.64 Å². The predicted octanol–water partition coefficient (Wildman–Crippen LogP) is 2.65. The van der Waals surface area contributed by atoms with E-state index in [1.807, 2.05) is 47.6 Å². The van der Waals surface area contributed by atoms with Crippen molar-refractivity contribution in [3.05, 3.63) is 59.9 Å². The van der Waals surface area contributed by atoms with Gasteiger partial charge >= 0.3 is 0 Å². The number of likely N-dealkylation sites (tertiary alicyclic amines) is 1. The minimum absolute atomic E-state index is 0.000739. The zero-order valence-electron chi connectivity index (χ0n) is 15.2. The number of aromatic nitrogens is 1. The van der Waals surface area contributed by atoms with Crippen LogP contribution in [0.1, 0.15) is 17.5 Å². The van der Waals surface area contributed by atoms with Gasteiger partial charge in [0.05, 0.1) is 6.61 Å². The molecule has 2 aromatic rings. The highest BCUT2D eigenvalue weighted by Gasteiger charge is 2.43. The average Bonchev–Trinajstić information content (AvgIpc) is 2.95. The number of ether oxygens (including phenoxy) is 1. The second kappa shape index (κ2) is 7.17. The molecule has 1 aromatic carbocycles. The van der Waals surface area contributed by atoms with Gasteiger partial charge in [0.15, 0.2) is 0 Å². The zero-order valence-corrected chi connectivity index (χ0v) is 15.2. The molecule has 0 N–H and O–H groups in total. The number of nitrogens with zero attached hydrogens (tertiary/aromatic N) is 3. The van der Waals surface area contributed by atoms with Gasteiger partial charge in [0.25, 0.3) is 5.91 Å². The van der Waals surface area contributed by atoms with Gasteiger partial charge in [-0.15, -0.1) is 0 Å². The second-order valence-electron chi connectivity index (χ2n) is 7.64. The van der Waals surface area contributed by atoms with Crippen LogP contribution >= 0.6 is 0 Å². The van der Waals surface area contributed by atoms with Crippen molar-refractivity contribution in [1.29, 1.82) is 0 Å². The van der Waals surface area contributed by atoms with Crippen LogP contribution in [-0.2, 0) is 16.1 Å². The van der Waals surface area contributed by atoms with E-state index in [-0.39, 0.29) is 17.9 Å². The summed E-state index contributed by atoms with van der Waals surface area (Å²) in [4.78, 5) is 21.2. The molecule has 0 bridgehead atoms. The maximum Gasteiger partial charge on any atom is 0.252 e. The summed E-state index contributed by atoms with van der Waals surface area (Å²) >= 11 is 0. The van der Waals surface area contributed by atoms with Gasteiger partial charge in [-0.05, 0) is 43.1 Å². The number of carbonyl (C=O) groups excluding carboxylic acids is 1. The molecule has 1 amide bonds. The lowest BCUT2D eigenvalue weighted by molar-refractivity contribution is -0.122. The van der Waals surface area contributed by atoms with Gasteiger partial charge in [0.2, 0.25) is 0 Å². The molecule has 1 aromatic heterocycles. The van der Waals surface area contributed by atoms with Crippen molar-refractivity contribution in [2.24, 2.45) is 5.41 Å². The molecule has 4 rings (SSSR count). The number of rotatable bonds is 3. The Kier molecular flexibility index (Phi) is 4.74. The lowest BCUT2D eigenvalue weighted by Crippen LogP contribution is -2.42. The van der Waals surface area contributed by atoms with E-state index in [1.54, 1.807) is 0 Å². The normalized spacial score (nSPS) is 24.2. The van der Waals surface area contributed by atoms with E-state index in [1.165, 1.54) is 11.1 Å². The van der Waals surface area contributed by atoms with E-state index in [4.69, 9.17) is 4.74 Å². The monoisotopic (exact) mass is 351 g/mol. The number of amides is 1. The number of aryl methyl sites for hydroxylation is 1. The van der Waals surface area contributed by atoms with Gasteiger partial charge in [-0.1, -0.05) is 24.3 Å². The molecule has 5 heteroatoms. The molecular formula is C21H25N3O2. The average molecular weight is 351 g/mol. The molecule has 2 aliphatic rings. The second-order valence-corrected chi connectivity index (χ2v) is 7.64. The van der Waals surface area contributed by atoms with Gasteiger partial charge in [-0.2, -0.15) is 0 Å². The fourth-order valence-electron chi connectivity index (χ4n) is 4.12. The molecule has 2 saturated heterocycles. The Bertz CT molecular complexity index is 780. The van der Waals surface area contributed by atoms with E-state index in [0.717, 1.165) is 38.3 Å². The quantitative estimate of drug-likeness (QED) is 0.853. The van der Waals surface area contributed by atoms with Crippen molar-refractivity contribution in [2.45, 2.75) is 19.9 Å². The van der Waals surface area contributed by atoms with E-state index < -0.39 is 0 Å². The van der Waals surface area contributed by atoms with Crippen molar-refractivity contribution >= 4 is 11.6 Å². The van der Waals surface area contributed by atoms with Crippen molar-refractivity contribution in [3.8, 4) is 0 Å². The molecule has 5 nitrogen and oxygen atoms in total. The Morgan fingerprint density at radius 2 is 2.04 bits per heavy atom. The number of para-hydroxylation sites is 1. The van der Waals surface area contributed by atoms with Crippen molar-refractivity contribution in [2.75, 3.05) is 37.7 Å². The maximum absolute atomic E-state index is 12.5. The first-order chi connectivity index (χ1) is 12.6.